The first-order valence-electron chi connectivity index (χ1n) is 7.33. The van der Waals surface area contributed by atoms with Crippen molar-refractivity contribution in [3.05, 3.63) is 54.7 Å². The van der Waals surface area contributed by atoms with Gasteiger partial charge in [0.1, 0.15) is 5.75 Å². The van der Waals surface area contributed by atoms with Gasteiger partial charge in [-0.2, -0.15) is 0 Å². The van der Waals surface area contributed by atoms with Gasteiger partial charge in [-0.25, -0.2) is 18.5 Å². The number of benzene rings is 2. The summed E-state index contributed by atoms with van der Waals surface area (Å²) in [6.45, 7) is 0. The van der Waals surface area contributed by atoms with Gasteiger partial charge >= 0.3 is 0 Å². The second-order valence-corrected chi connectivity index (χ2v) is 7.57. The van der Waals surface area contributed by atoms with E-state index in [0.717, 1.165) is 27.9 Å². The number of hydrogen-bond acceptors (Lipinski definition) is 5. The zero-order valence-corrected chi connectivity index (χ0v) is 15.3. The molecule has 0 saturated carbocycles. The minimum atomic E-state index is -3.71. The average molecular weight is 375 g/mol. The lowest BCUT2D eigenvalue weighted by Gasteiger charge is -2.12. The van der Waals surface area contributed by atoms with Crippen LogP contribution in [-0.2, 0) is 10.0 Å². The summed E-state index contributed by atoms with van der Waals surface area (Å²) in [6.07, 6.45) is 3.72. The number of thioether (sulfide) groups is 1. The number of aromatic nitrogens is 2. The van der Waals surface area contributed by atoms with E-state index in [2.05, 4.69) is 4.98 Å². The summed E-state index contributed by atoms with van der Waals surface area (Å²) >= 11 is 1.53. The smallest absolute Gasteiger partial charge is 0.238 e. The molecule has 3 aromatic rings. The van der Waals surface area contributed by atoms with Gasteiger partial charge in [0.05, 0.1) is 23.9 Å². The molecule has 0 amide bonds. The average Bonchev–Trinajstić information content (AvgIpc) is 3.05. The van der Waals surface area contributed by atoms with E-state index in [4.69, 9.17) is 9.88 Å². The van der Waals surface area contributed by atoms with Crippen molar-refractivity contribution >= 4 is 21.8 Å². The summed E-state index contributed by atoms with van der Waals surface area (Å²) < 4.78 is 30.1. The largest absolute Gasteiger partial charge is 0.497 e. The van der Waals surface area contributed by atoms with E-state index in [0.29, 0.717) is 0 Å². The molecule has 0 atom stereocenters. The molecule has 0 aliphatic carbocycles. The van der Waals surface area contributed by atoms with E-state index in [1.165, 1.54) is 23.9 Å². The highest BCUT2D eigenvalue weighted by atomic mass is 32.2. The fourth-order valence-electron chi connectivity index (χ4n) is 2.48. The molecular weight excluding hydrogens is 358 g/mol. The predicted octanol–water partition coefficient (Wildman–Crippen LogP) is 2.92. The minimum absolute atomic E-state index is 0.0804. The molecule has 1 aromatic heterocycles. The van der Waals surface area contributed by atoms with E-state index in [1.54, 1.807) is 25.4 Å². The van der Waals surface area contributed by atoms with Crippen molar-refractivity contribution in [2.45, 2.75) is 10.1 Å². The fraction of sp³-hybridized carbons (Fsp3) is 0.118. The molecule has 0 aliphatic rings. The Morgan fingerprint density at radius 1 is 1.08 bits per heavy atom. The van der Waals surface area contributed by atoms with Crippen LogP contribution >= 0.6 is 11.8 Å². The second-order valence-electron chi connectivity index (χ2n) is 5.23. The van der Waals surface area contributed by atoms with Gasteiger partial charge in [0.25, 0.3) is 0 Å². The molecule has 3 rings (SSSR count). The quantitative estimate of drug-likeness (QED) is 0.693. The number of primary sulfonamides is 1. The standard InChI is InChI=1S/C17H17N3O3S2/c1-23-14-7-5-13(6-8-14)20-16(11-19-17(20)24-2)12-3-9-15(10-4-12)25(18,21)22/h3-11H,1-2H3,(H2,18,21,22). The van der Waals surface area contributed by atoms with Crippen molar-refractivity contribution in [3.63, 3.8) is 0 Å². The Kier molecular flexibility index (Phi) is 4.85. The highest BCUT2D eigenvalue weighted by Gasteiger charge is 2.14. The SMILES string of the molecule is COc1ccc(-n2c(-c3ccc(S(N)(=O)=O)cc3)cnc2SC)cc1. The normalized spacial score (nSPS) is 11.5. The molecule has 8 heteroatoms. The van der Waals surface area contributed by atoms with Crippen LogP contribution in [0.1, 0.15) is 0 Å². The summed E-state index contributed by atoms with van der Waals surface area (Å²) in [6, 6.07) is 14.1. The Labute approximate surface area is 150 Å². The Bertz CT molecular complexity index is 979. The van der Waals surface area contributed by atoms with Crippen molar-refractivity contribution in [3.8, 4) is 22.7 Å². The Morgan fingerprint density at radius 2 is 1.72 bits per heavy atom. The van der Waals surface area contributed by atoms with Crippen molar-refractivity contribution in [1.82, 2.24) is 9.55 Å². The zero-order chi connectivity index (χ0) is 18.0. The van der Waals surface area contributed by atoms with E-state index in [9.17, 15) is 8.42 Å². The lowest BCUT2D eigenvalue weighted by molar-refractivity contribution is 0.414. The van der Waals surface area contributed by atoms with Crippen LogP contribution in [0.25, 0.3) is 16.9 Å². The molecule has 25 heavy (non-hydrogen) atoms. The molecule has 0 fully saturated rings. The number of ether oxygens (including phenoxy) is 1. The number of nitrogens with zero attached hydrogens (tertiary/aromatic N) is 2. The van der Waals surface area contributed by atoms with E-state index < -0.39 is 10.0 Å². The molecule has 1 heterocycles. The van der Waals surface area contributed by atoms with Crippen LogP contribution in [0.3, 0.4) is 0 Å². The lowest BCUT2D eigenvalue weighted by Crippen LogP contribution is -2.11. The Balaban J connectivity index is 2.09. The van der Waals surface area contributed by atoms with Gasteiger partial charge in [-0.05, 0) is 42.7 Å². The lowest BCUT2D eigenvalue weighted by atomic mass is 10.1. The number of hydrogen-bond donors (Lipinski definition) is 1. The van der Waals surface area contributed by atoms with Crippen LogP contribution in [0, 0.1) is 0 Å². The summed E-state index contributed by atoms with van der Waals surface area (Å²) in [4.78, 5) is 4.53. The van der Waals surface area contributed by atoms with Gasteiger partial charge in [0.2, 0.25) is 10.0 Å². The van der Waals surface area contributed by atoms with Gasteiger partial charge in [0.15, 0.2) is 5.16 Å². The van der Waals surface area contributed by atoms with Crippen LogP contribution in [0.2, 0.25) is 0 Å². The molecule has 0 aliphatic heterocycles. The van der Waals surface area contributed by atoms with Crippen LogP contribution < -0.4 is 9.88 Å². The molecule has 0 unspecified atom stereocenters. The topological polar surface area (TPSA) is 87.2 Å². The van der Waals surface area contributed by atoms with Crippen LogP contribution in [0.4, 0.5) is 0 Å². The Hall–Kier alpha value is -2.29. The third kappa shape index (κ3) is 3.55. The van der Waals surface area contributed by atoms with Gasteiger partial charge < -0.3 is 4.74 Å². The number of sulfonamides is 1. The maximum absolute atomic E-state index is 11.4. The molecule has 2 aromatic carbocycles. The number of nitrogens with two attached hydrogens (primary N) is 1. The van der Waals surface area contributed by atoms with Gasteiger partial charge in [-0.3, -0.25) is 4.57 Å². The van der Waals surface area contributed by atoms with Crippen LogP contribution in [0.15, 0.2) is 64.8 Å². The summed E-state index contributed by atoms with van der Waals surface area (Å²) in [5.74, 6) is 0.772. The fourth-order valence-corrected chi connectivity index (χ4v) is 3.54. The maximum atomic E-state index is 11.4. The van der Waals surface area contributed by atoms with Crippen molar-refractivity contribution < 1.29 is 13.2 Å². The summed E-state index contributed by atoms with van der Waals surface area (Å²) in [7, 11) is -2.09. The first-order chi connectivity index (χ1) is 11.9. The monoisotopic (exact) mass is 375 g/mol. The summed E-state index contributed by atoms with van der Waals surface area (Å²) in [5.41, 5.74) is 2.64. The number of methoxy groups -OCH3 is 1. The first kappa shape index (κ1) is 17.5. The van der Waals surface area contributed by atoms with E-state index in [-0.39, 0.29) is 4.90 Å². The number of rotatable bonds is 5. The minimum Gasteiger partial charge on any atom is -0.497 e. The van der Waals surface area contributed by atoms with Crippen LogP contribution in [0.5, 0.6) is 5.75 Å². The highest BCUT2D eigenvalue weighted by Crippen LogP contribution is 2.30. The third-order valence-corrected chi connectivity index (χ3v) is 5.30. The molecule has 130 valence electrons. The molecule has 0 spiro atoms. The van der Waals surface area contributed by atoms with Crippen molar-refractivity contribution in [1.29, 1.82) is 0 Å². The first-order valence-corrected chi connectivity index (χ1v) is 10.1. The van der Waals surface area contributed by atoms with E-state index in [1.807, 2.05) is 35.1 Å². The number of imidazole rings is 1. The van der Waals surface area contributed by atoms with Crippen molar-refractivity contribution in [2.75, 3.05) is 13.4 Å². The van der Waals surface area contributed by atoms with Gasteiger partial charge in [-0.15, -0.1) is 0 Å². The maximum Gasteiger partial charge on any atom is 0.238 e. The predicted molar refractivity (Wildman–Crippen MR) is 98.7 cm³/mol. The molecule has 0 radical (unpaired) electrons. The molecule has 6 nitrogen and oxygen atoms in total. The third-order valence-electron chi connectivity index (χ3n) is 3.72. The molecule has 0 bridgehead atoms. The van der Waals surface area contributed by atoms with Gasteiger partial charge in [-0.1, -0.05) is 23.9 Å². The molecular formula is C17H17N3O3S2. The van der Waals surface area contributed by atoms with Crippen LogP contribution in [-0.4, -0.2) is 31.3 Å². The van der Waals surface area contributed by atoms with Gasteiger partial charge in [0, 0.05) is 11.3 Å². The molecule has 0 saturated heterocycles. The van der Waals surface area contributed by atoms with Crippen molar-refractivity contribution in [2.24, 2.45) is 5.14 Å². The van der Waals surface area contributed by atoms with E-state index >= 15 is 0 Å². The highest BCUT2D eigenvalue weighted by molar-refractivity contribution is 7.98. The Morgan fingerprint density at radius 3 is 2.24 bits per heavy atom. The summed E-state index contributed by atoms with van der Waals surface area (Å²) in [5, 5.41) is 5.99. The second kappa shape index (κ2) is 6.91. The molecule has 2 N–H and O–H groups in total. The zero-order valence-electron chi connectivity index (χ0n) is 13.7.